The van der Waals surface area contributed by atoms with Crippen LogP contribution in [0.4, 0.5) is 0 Å². The summed E-state index contributed by atoms with van der Waals surface area (Å²) in [5.74, 6) is -0.913. The van der Waals surface area contributed by atoms with Gasteiger partial charge in [-0.15, -0.1) is 0 Å². The second kappa shape index (κ2) is 51.4. The van der Waals surface area contributed by atoms with Crippen LogP contribution in [0.15, 0.2) is 45.3 Å². The number of rotatable bonds is 60. The van der Waals surface area contributed by atoms with Crippen molar-refractivity contribution < 1.29 is 38.1 Å². The summed E-state index contributed by atoms with van der Waals surface area (Å²) >= 11 is 8.15. The summed E-state index contributed by atoms with van der Waals surface area (Å²) in [6.45, 7) is 19.2. The van der Waals surface area contributed by atoms with Gasteiger partial charge >= 0.3 is 23.9 Å². The fourth-order valence-electron chi connectivity index (χ4n) is 15.3. The Morgan fingerprint density at radius 2 is 0.449 bits per heavy atom. The van der Waals surface area contributed by atoms with Crippen molar-refractivity contribution in [1.29, 1.82) is 0 Å². The van der Waals surface area contributed by atoms with Gasteiger partial charge in [-0.2, -0.15) is 0 Å². The highest BCUT2D eigenvalue weighted by molar-refractivity contribution is 9.11. The number of ether oxygens (including phenoxy) is 4. The van der Waals surface area contributed by atoms with E-state index in [9.17, 15) is 0 Å². The predicted molar refractivity (Wildman–Crippen MR) is 425 cm³/mol. The van der Waals surface area contributed by atoms with Crippen LogP contribution >= 0.6 is 31.9 Å². The molecule has 0 saturated heterocycles. The molecular weight excluding hydrogens is 1340 g/mol. The lowest BCUT2D eigenvalue weighted by Gasteiger charge is -2.23. The molecule has 0 spiro atoms. The summed E-state index contributed by atoms with van der Waals surface area (Å²) in [4.78, 5) is 61.3. The quantitative estimate of drug-likeness (QED) is 0.0125. The molecule has 0 saturated carbocycles. The van der Waals surface area contributed by atoms with Gasteiger partial charge in [0.2, 0.25) is 0 Å². The minimum absolute atomic E-state index is 0.229. The molecule has 10 heteroatoms. The molecule has 5 aromatic rings. The van der Waals surface area contributed by atoms with E-state index in [1.165, 1.54) is 154 Å². The Hall–Kier alpha value is -3.76. The van der Waals surface area contributed by atoms with Crippen molar-refractivity contribution in [3.05, 3.63) is 67.6 Å². The lowest BCUT2D eigenvalue weighted by Crippen LogP contribution is -2.18. The van der Waals surface area contributed by atoms with Crippen molar-refractivity contribution in [3.8, 4) is 0 Å². The number of carbonyl (C=O) groups excluding carboxylic acids is 4. The number of benzene rings is 5. The minimum Gasteiger partial charge on any atom is -0.462 e. The third-order valence-corrected chi connectivity index (χ3v) is 22.7. The van der Waals surface area contributed by atoms with E-state index in [-0.39, 0.29) is 23.7 Å². The average molecular weight is 1480 g/mol. The molecule has 0 fully saturated rings. The van der Waals surface area contributed by atoms with Gasteiger partial charge in [0.15, 0.2) is 0 Å². The van der Waals surface area contributed by atoms with Crippen LogP contribution in [-0.4, -0.2) is 50.3 Å². The molecule has 5 aromatic carbocycles. The van der Waals surface area contributed by atoms with Gasteiger partial charge in [0.25, 0.3) is 0 Å². The summed E-state index contributed by atoms with van der Waals surface area (Å²) in [5, 5.41) is 5.48. The zero-order valence-electron chi connectivity index (χ0n) is 63.6. The zero-order chi connectivity index (χ0) is 70.5. The standard InChI is InChI=1S/C88H138Br2O8/c1-9-17-25-33-37-45-53-67(49-41-29-21-13-5)63-95-85(91)73-59-57-71-82-78(90)62-76(88(94)98-66-70(52-44-32-24-16-8)56-48-40-36-28-20-12-4)80-74(86(92)96-64-68(50-42-30-22-14-6)54-46-38-34-26-18-10-2)60-58-72(84(80)82)81-77(89)61-75(79(73)83(71)81)87(93)97-65-69(51-43-31-23-15-7)55-47-39-35-27-19-11-3/h57-62,67-70H,9-56,63-66H2,1-8H3. The van der Waals surface area contributed by atoms with Crippen LogP contribution in [0.3, 0.4) is 0 Å². The normalized spacial score (nSPS) is 13.1. The van der Waals surface area contributed by atoms with E-state index >= 15 is 19.2 Å². The number of hydrogen-bond acceptors (Lipinski definition) is 8. The van der Waals surface area contributed by atoms with E-state index in [0.717, 1.165) is 176 Å². The Balaban J connectivity index is 1.72. The second-order valence-corrected chi connectivity index (χ2v) is 31.6. The molecular formula is C88H138Br2O8. The highest BCUT2D eigenvalue weighted by atomic mass is 79.9. The molecule has 4 atom stereocenters. The van der Waals surface area contributed by atoms with E-state index in [2.05, 4.69) is 87.2 Å². The topological polar surface area (TPSA) is 105 Å². The van der Waals surface area contributed by atoms with Gasteiger partial charge in [-0.1, -0.05) is 356 Å². The summed E-state index contributed by atoms with van der Waals surface area (Å²) in [6.07, 6.45) is 55.5. The van der Waals surface area contributed by atoms with Gasteiger partial charge in [-0.05, 0) is 110 Å². The molecule has 0 amide bonds. The van der Waals surface area contributed by atoms with E-state index in [0.29, 0.717) is 79.2 Å². The summed E-state index contributed by atoms with van der Waals surface area (Å²) in [6, 6.07) is 11.3. The largest absolute Gasteiger partial charge is 0.462 e. The molecule has 0 aliphatic carbocycles. The lowest BCUT2D eigenvalue weighted by molar-refractivity contribution is 0.0408. The molecule has 0 N–H and O–H groups in total. The van der Waals surface area contributed by atoms with E-state index in [1.54, 1.807) is 0 Å². The molecule has 0 aliphatic heterocycles. The molecule has 0 bridgehead atoms. The summed E-state index contributed by atoms with van der Waals surface area (Å²) < 4.78 is 27.5. The molecule has 0 aliphatic rings. The maximum absolute atomic E-state index is 15.3. The van der Waals surface area contributed by atoms with Gasteiger partial charge in [0.1, 0.15) is 0 Å². The van der Waals surface area contributed by atoms with Crippen LogP contribution in [0.2, 0.25) is 0 Å². The van der Waals surface area contributed by atoms with Crippen molar-refractivity contribution in [1.82, 2.24) is 0 Å². The highest BCUT2D eigenvalue weighted by Gasteiger charge is 2.31. The second-order valence-electron chi connectivity index (χ2n) is 29.9. The van der Waals surface area contributed by atoms with Crippen molar-refractivity contribution in [3.63, 3.8) is 0 Å². The maximum atomic E-state index is 15.3. The van der Waals surface area contributed by atoms with Crippen LogP contribution in [-0.2, 0) is 18.9 Å². The Morgan fingerprint density at radius 3 is 0.673 bits per heavy atom. The molecule has 4 unspecified atom stereocenters. The number of esters is 4. The third kappa shape index (κ3) is 29.2. The van der Waals surface area contributed by atoms with E-state index in [4.69, 9.17) is 18.9 Å². The van der Waals surface area contributed by atoms with Gasteiger partial charge < -0.3 is 18.9 Å². The van der Waals surface area contributed by atoms with Crippen molar-refractivity contribution >= 4 is 98.8 Å². The average Bonchev–Trinajstić information content (AvgIpc) is 0.695. The Morgan fingerprint density at radius 1 is 0.255 bits per heavy atom. The SMILES string of the molecule is CCCCCCCCC(CCCCCC)COC(=O)c1ccc2c3c(Br)cc(C(=O)OCC(CCCCCC)CCCCCCCC)c4c(C(=O)OCC(CCCCCC)CCCCCCCC)ccc(c5c(Br)cc(C(=O)OCC(CCCCCC)CCCCCCCC)c1c25)c43. The number of halogens is 2. The van der Waals surface area contributed by atoms with Gasteiger partial charge in [-0.3, -0.25) is 0 Å². The number of unbranched alkanes of at least 4 members (excludes halogenated alkanes) is 32. The maximum Gasteiger partial charge on any atom is 0.338 e. The van der Waals surface area contributed by atoms with Crippen LogP contribution < -0.4 is 0 Å². The lowest BCUT2D eigenvalue weighted by atomic mass is 9.84. The fourth-order valence-corrected chi connectivity index (χ4v) is 16.6. The van der Waals surface area contributed by atoms with Crippen molar-refractivity contribution in [2.75, 3.05) is 26.4 Å². The Kier molecular flexibility index (Phi) is 44.5. The first kappa shape index (κ1) is 84.9. The van der Waals surface area contributed by atoms with Crippen LogP contribution in [0.25, 0.3) is 43.1 Å². The summed E-state index contributed by atoms with van der Waals surface area (Å²) in [7, 11) is 0. The summed E-state index contributed by atoms with van der Waals surface area (Å²) in [5.41, 5.74) is 1.26. The first-order chi connectivity index (χ1) is 47.9. The third-order valence-electron chi connectivity index (χ3n) is 21.4. The molecule has 0 aromatic heterocycles. The Bertz CT molecular complexity index is 2800. The molecule has 0 heterocycles. The van der Waals surface area contributed by atoms with Crippen LogP contribution in [0.5, 0.6) is 0 Å². The molecule has 8 nitrogen and oxygen atoms in total. The molecule has 5 rings (SSSR count). The van der Waals surface area contributed by atoms with Crippen molar-refractivity contribution in [2.45, 2.75) is 364 Å². The van der Waals surface area contributed by atoms with Gasteiger partial charge in [-0.25, -0.2) is 19.2 Å². The van der Waals surface area contributed by atoms with E-state index < -0.39 is 23.9 Å². The Labute approximate surface area is 614 Å². The zero-order valence-corrected chi connectivity index (χ0v) is 66.7. The highest BCUT2D eigenvalue weighted by Crippen LogP contribution is 2.49. The van der Waals surface area contributed by atoms with E-state index in [1.807, 2.05) is 36.4 Å². The number of hydrogen-bond donors (Lipinski definition) is 0. The van der Waals surface area contributed by atoms with Gasteiger partial charge in [0.05, 0.1) is 48.7 Å². The van der Waals surface area contributed by atoms with Crippen LogP contribution in [0.1, 0.15) is 405 Å². The smallest absolute Gasteiger partial charge is 0.338 e. The first-order valence-corrected chi connectivity index (χ1v) is 42.8. The minimum atomic E-state index is -0.464. The number of fused-ring (bicyclic) bond motifs is 2. The molecule has 552 valence electrons. The number of carbonyl (C=O) groups is 4. The van der Waals surface area contributed by atoms with Crippen LogP contribution in [0, 0.1) is 23.7 Å². The monoisotopic (exact) mass is 1480 g/mol. The first-order valence-electron chi connectivity index (χ1n) is 41.2. The molecule has 0 radical (unpaired) electrons. The van der Waals surface area contributed by atoms with Crippen molar-refractivity contribution in [2.24, 2.45) is 23.7 Å². The van der Waals surface area contributed by atoms with Gasteiger partial charge in [0, 0.05) is 41.3 Å². The fraction of sp³-hybridized carbons (Fsp3) is 0.727. The molecule has 98 heavy (non-hydrogen) atoms. The predicted octanol–water partition coefficient (Wildman–Crippen LogP) is 29.2.